The molecule has 1 N–H and O–H groups in total. The molecule has 4 rings (SSSR count). The molecule has 0 aliphatic carbocycles. The Labute approximate surface area is 146 Å². The Bertz CT molecular complexity index is 751. The molecule has 25 heavy (non-hydrogen) atoms. The lowest BCUT2D eigenvalue weighted by Crippen LogP contribution is -2.42. The van der Waals surface area contributed by atoms with E-state index in [0.717, 1.165) is 29.9 Å². The lowest BCUT2D eigenvalue weighted by Gasteiger charge is -2.22. The summed E-state index contributed by atoms with van der Waals surface area (Å²) >= 11 is 0. The van der Waals surface area contributed by atoms with Gasteiger partial charge in [-0.25, -0.2) is 0 Å². The third kappa shape index (κ3) is 3.67. The number of carbonyl (C=O) groups is 1. The van der Waals surface area contributed by atoms with Gasteiger partial charge in [-0.05, 0) is 34.4 Å². The highest BCUT2D eigenvalue weighted by molar-refractivity contribution is 5.81. The fourth-order valence-electron chi connectivity index (χ4n) is 3.12. The van der Waals surface area contributed by atoms with Gasteiger partial charge >= 0.3 is 0 Å². The lowest BCUT2D eigenvalue weighted by molar-refractivity contribution is -0.147. The standard InChI is InChI=1S/C20H21NO4/c22-20(19-13-23-9-10-25-19)21-12-14-1-3-15(4-2-14)16-5-6-18-17(11-16)7-8-24-18/h1-6,11,19H,7-10,12-13H2,(H,21,22). The van der Waals surface area contributed by atoms with Gasteiger partial charge in [0.15, 0.2) is 6.10 Å². The van der Waals surface area contributed by atoms with E-state index >= 15 is 0 Å². The molecule has 2 heterocycles. The summed E-state index contributed by atoms with van der Waals surface area (Å²) in [4.78, 5) is 12.0. The molecule has 2 aromatic rings. The summed E-state index contributed by atoms with van der Waals surface area (Å²) in [5.74, 6) is 0.874. The second-order valence-electron chi connectivity index (χ2n) is 6.27. The van der Waals surface area contributed by atoms with E-state index in [0.29, 0.717) is 26.4 Å². The number of ether oxygens (including phenoxy) is 3. The lowest BCUT2D eigenvalue weighted by atomic mass is 10.0. The van der Waals surface area contributed by atoms with Gasteiger partial charge in [0.25, 0.3) is 5.91 Å². The fourth-order valence-corrected chi connectivity index (χ4v) is 3.12. The Balaban J connectivity index is 1.37. The van der Waals surface area contributed by atoms with Crippen molar-refractivity contribution >= 4 is 5.91 Å². The quantitative estimate of drug-likeness (QED) is 0.929. The van der Waals surface area contributed by atoms with Gasteiger partial charge in [-0.1, -0.05) is 30.3 Å². The number of benzene rings is 2. The van der Waals surface area contributed by atoms with Crippen LogP contribution in [0.2, 0.25) is 0 Å². The van der Waals surface area contributed by atoms with E-state index in [1.807, 2.05) is 18.2 Å². The largest absolute Gasteiger partial charge is 0.493 e. The molecule has 1 atom stereocenters. The minimum absolute atomic E-state index is 0.123. The summed E-state index contributed by atoms with van der Waals surface area (Å²) in [6.45, 7) is 2.61. The van der Waals surface area contributed by atoms with E-state index < -0.39 is 6.10 Å². The monoisotopic (exact) mass is 339 g/mol. The molecule has 5 heteroatoms. The van der Waals surface area contributed by atoms with Crippen LogP contribution in [0.3, 0.4) is 0 Å². The van der Waals surface area contributed by atoms with E-state index in [9.17, 15) is 4.79 Å². The smallest absolute Gasteiger partial charge is 0.251 e. The van der Waals surface area contributed by atoms with Gasteiger partial charge in [0, 0.05) is 13.0 Å². The molecule has 5 nitrogen and oxygen atoms in total. The van der Waals surface area contributed by atoms with Crippen LogP contribution in [-0.2, 0) is 27.2 Å². The second kappa shape index (κ2) is 7.25. The van der Waals surface area contributed by atoms with Crippen LogP contribution >= 0.6 is 0 Å². The number of hydrogen-bond donors (Lipinski definition) is 1. The number of hydrogen-bond acceptors (Lipinski definition) is 4. The van der Waals surface area contributed by atoms with Crippen molar-refractivity contribution in [3.05, 3.63) is 53.6 Å². The molecule has 0 spiro atoms. The minimum Gasteiger partial charge on any atom is -0.493 e. The van der Waals surface area contributed by atoms with E-state index in [-0.39, 0.29) is 5.91 Å². The van der Waals surface area contributed by atoms with Crippen molar-refractivity contribution in [1.29, 1.82) is 0 Å². The first kappa shape index (κ1) is 16.1. The van der Waals surface area contributed by atoms with Gasteiger partial charge in [0.05, 0.1) is 26.4 Å². The summed E-state index contributed by atoms with van der Waals surface area (Å²) in [7, 11) is 0. The van der Waals surface area contributed by atoms with E-state index in [4.69, 9.17) is 14.2 Å². The van der Waals surface area contributed by atoms with Gasteiger partial charge in [0.2, 0.25) is 0 Å². The predicted octanol–water partition coefficient (Wildman–Crippen LogP) is 2.32. The summed E-state index contributed by atoms with van der Waals surface area (Å²) in [6, 6.07) is 14.6. The normalized spacial score (nSPS) is 19.1. The zero-order valence-electron chi connectivity index (χ0n) is 14.0. The number of nitrogens with one attached hydrogen (secondary N) is 1. The topological polar surface area (TPSA) is 56.8 Å². The van der Waals surface area contributed by atoms with Crippen molar-refractivity contribution < 1.29 is 19.0 Å². The molecule has 2 aliphatic heterocycles. The first-order valence-corrected chi connectivity index (χ1v) is 8.62. The minimum atomic E-state index is -0.498. The van der Waals surface area contributed by atoms with Crippen molar-refractivity contribution in [1.82, 2.24) is 5.32 Å². The average Bonchev–Trinajstić information content (AvgIpc) is 3.15. The van der Waals surface area contributed by atoms with Crippen molar-refractivity contribution in [3.8, 4) is 16.9 Å². The fraction of sp³-hybridized carbons (Fsp3) is 0.350. The summed E-state index contributed by atoms with van der Waals surface area (Å²) < 4.78 is 16.2. The molecule has 1 unspecified atom stereocenters. The third-order valence-electron chi connectivity index (χ3n) is 4.55. The van der Waals surface area contributed by atoms with Crippen LogP contribution in [0.4, 0.5) is 0 Å². The highest BCUT2D eigenvalue weighted by atomic mass is 16.6. The predicted molar refractivity (Wildman–Crippen MR) is 93.5 cm³/mol. The van der Waals surface area contributed by atoms with E-state index in [2.05, 4.69) is 29.6 Å². The molecule has 1 saturated heterocycles. The highest BCUT2D eigenvalue weighted by Gasteiger charge is 2.22. The molecule has 0 bridgehead atoms. The van der Waals surface area contributed by atoms with Crippen molar-refractivity contribution in [3.63, 3.8) is 0 Å². The molecule has 2 aliphatic rings. The summed E-state index contributed by atoms with van der Waals surface area (Å²) in [5.41, 5.74) is 4.67. The molecule has 2 aromatic carbocycles. The molecule has 0 saturated carbocycles. The van der Waals surface area contributed by atoms with Crippen LogP contribution < -0.4 is 10.1 Å². The Morgan fingerprint density at radius 2 is 1.88 bits per heavy atom. The number of amides is 1. The Kier molecular flexibility index (Phi) is 4.68. The Hall–Kier alpha value is -2.37. The van der Waals surface area contributed by atoms with Gasteiger partial charge < -0.3 is 19.5 Å². The maximum absolute atomic E-state index is 12.0. The van der Waals surface area contributed by atoms with Crippen molar-refractivity contribution in [2.75, 3.05) is 26.4 Å². The average molecular weight is 339 g/mol. The molecule has 1 amide bonds. The van der Waals surface area contributed by atoms with Gasteiger partial charge in [-0.15, -0.1) is 0 Å². The first-order valence-electron chi connectivity index (χ1n) is 8.62. The van der Waals surface area contributed by atoms with E-state index in [1.54, 1.807) is 0 Å². The number of carbonyl (C=O) groups excluding carboxylic acids is 1. The van der Waals surface area contributed by atoms with Crippen LogP contribution in [-0.4, -0.2) is 38.4 Å². The Morgan fingerprint density at radius 3 is 2.68 bits per heavy atom. The van der Waals surface area contributed by atoms with Crippen LogP contribution in [0.25, 0.3) is 11.1 Å². The van der Waals surface area contributed by atoms with Crippen LogP contribution in [0.5, 0.6) is 5.75 Å². The molecular weight excluding hydrogens is 318 g/mol. The first-order chi connectivity index (χ1) is 12.3. The van der Waals surface area contributed by atoms with Crippen molar-refractivity contribution in [2.45, 2.75) is 19.1 Å². The maximum Gasteiger partial charge on any atom is 0.251 e. The molecule has 130 valence electrons. The second-order valence-corrected chi connectivity index (χ2v) is 6.27. The zero-order valence-corrected chi connectivity index (χ0v) is 14.0. The molecule has 0 radical (unpaired) electrons. The van der Waals surface area contributed by atoms with Crippen molar-refractivity contribution in [2.24, 2.45) is 0 Å². The number of rotatable bonds is 4. The molecular formula is C20H21NO4. The van der Waals surface area contributed by atoms with Gasteiger partial charge in [-0.2, -0.15) is 0 Å². The summed E-state index contributed by atoms with van der Waals surface area (Å²) in [5, 5.41) is 2.90. The van der Waals surface area contributed by atoms with Crippen LogP contribution in [0.1, 0.15) is 11.1 Å². The van der Waals surface area contributed by atoms with Gasteiger partial charge in [0.1, 0.15) is 5.75 Å². The highest BCUT2D eigenvalue weighted by Crippen LogP contribution is 2.30. The summed E-state index contributed by atoms with van der Waals surface area (Å²) in [6.07, 6.45) is 0.474. The molecule has 0 aromatic heterocycles. The third-order valence-corrected chi connectivity index (χ3v) is 4.55. The van der Waals surface area contributed by atoms with Crippen LogP contribution in [0, 0.1) is 0 Å². The van der Waals surface area contributed by atoms with Gasteiger partial charge in [-0.3, -0.25) is 4.79 Å². The maximum atomic E-state index is 12.0. The van der Waals surface area contributed by atoms with Crippen LogP contribution in [0.15, 0.2) is 42.5 Å². The SMILES string of the molecule is O=C(NCc1ccc(-c2ccc3c(c2)CCO3)cc1)C1COCCO1. The zero-order chi connectivity index (χ0) is 17.1. The number of fused-ring (bicyclic) bond motifs is 1. The molecule has 1 fully saturated rings. The van der Waals surface area contributed by atoms with E-state index in [1.165, 1.54) is 11.1 Å². The Morgan fingerprint density at radius 1 is 1.04 bits per heavy atom.